The molecule has 2 heterocycles. The van der Waals surface area contributed by atoms with Crippen molar-refractivity contribution in [2.45, 2.75) is 13.8 Å². The highest BCUT2D eigenvalue weighted by Crippen LogP contribution is 2.23. The number of hydrogen-bond donors (Lipinski definition) is 4. The number of urea groups is 2. The fourth-order valence-corrected chi connectivity index (χ4v) is 3.96. The van der Waals surface area contributed by atoms with Crippen molar-refractivity contribution < 1.29 is 9.59 Å². The Labute approximate surface area is 211 Å². The zero-order valence-electron chi connectivity index (χ0n) is 20.6. The molecule has 2 aromatic carbocycles. The molecule has 1 saturated heterocycles. The van der Waals surface area contributed by atoms with Gasteiger partial charge in [-0.2, -0.15) is 0 Å². The minimum absolute atomic E-state index is 0.00548. The van der Waals surface area contributed by atoms with Crippen molar-refractivity contribution in [1.82, 2.24) is 25.5 Å². The number of piperazine rings is 1. The van der Waals surface area contributed by atoms with Crippen molar-refractivity contribution in [3.05, 3.63) is 60.8 Å². The summed E-state index contributed by atoms with van der Waals surface area (Å²) in [5.41, 5.74) is 4.41. The maximum Gasteiger partial charge on any atom is 0.319 e. The smallest absolute Gasteiger partial charge is 0.319 e. The van der Waals surface area contributed by atoms with Gasteiger partial charge in [0.2, 0.25) is 5.95 Å². The normalized spacial score (nSPS) is 13.2. The van der Waals surface area contributed by atoms with E-state index in [2.05, 4.69) is 48.3 Å². The van der Waals surface area contributed by atoms with Crippen LogP contribution in [0.4, 0.5) is 32.6 Å². The van der Waals surface area contributed by atoms with Crippen molar-refractivity contribution in [3.63, 3.8) is 0 Å². The van der Waals surface area contributed by atoms with E-state index in [4.69, 9.17) is 0 Å². The molecule has 4 rings (SSSR count). The van der Waals surface area contributed by atoms with E-state index in [0.29, 0.717) is 37.8 Å². The van der Waals surface area contributed by atoms with Crippen LogP contribution in [0.3, 0.4) is 0 Å². The quantitative estimate of drug-likeness (QED) is 0.401. The predicted octanol–water partition coefficient (Wildman–Crippen LogP) is 3.88. The van der Waals surface area contributed by atoms with Crippen molar-refractivity contribution in [2.24, 2.45) is 0 Å². The van der Waals surface area contributed by atoms with Crippen LogP contribution in [-0.4, -0.2) is 66.2 Å². The Hall–Kier alpha value is -4.34. The molecule has 1 aromatic heterocycles. The van der Waals surface area contributed by atoms with Crippen LogP contribution in [0.2, 0.25) is 0 Å². The highest BCUT2D eigenvalue weighted by Gasteiger charge is 2.20. The van der Waals surface area contributed by atoms with E-state index in [-0.39, 0.29) is 12.1 Å². The third-order valence-corrected chi connectivity index (χ3v) is 5.81. The first-order chi connectivity index (χ1) is 17.6. The van der Waals surface area contributed by atoms with E-state index in [1.807, 2.05) is 61.2 Å². The first kappa shape index (κ1) is 24.8. The first-order valence-corrected chi connectivity index (χ1v) is 12.2. The molecular weight excluding hydrogens is 456 g/mol. The zero-order valence-corrected chi connectivity index (χ0v) is 20.6. The molecular formula is C26H32N8O2. The van der Waals surface area contributed by atoms with Crippen LogP contribution >= 0.6 is 0 Å². The van der Waals surface area contributed by atoms with Crippen molar-refractivity contribution >= 4 is 35.1 Å². The van der Waals surface area contributed by atoms with Gasteiger partial charge in [0.25, 0.3) is 0 Å². The number of hydrogen-bond acceptors (Lipinski definition) is 6. The Balaban J connectivity index is 1.35. The molecule has 0 aliphatic carbocycles. The number of rotatable bonds is 7. The predicted molar refractivity (Wildman–Crippen MR) is 143 cm³/mol. The fourth-order valence-electron chi connectivity index (χ4n) is 3.96. The van der Waals surface area contributed by atoms with Gasteiger partial charge in [-0.3, -0.25) is 0 Å². The summed E-state index contributed by atoms with van der Waals surface area (Å²) in [6, 6.07) is 17.3. The number of benzene rings is 2. The Morgan fingerprint density at radius 1 is 0.833 bits per heavy atom. The average molecular weight is 489 g/mol. The second-order valence-electron chi connectivity index (χ2n) is 8.31. The van der Waals surface area contributed by atoms with E-state index < -0.39 is 0 Å². The van der Waals surface area contributed by atoms with Crippen LogP contribution < -0.4 is 26.2 Å². The lowest BCUT2D eigenvalue weighted by Crippen LogP contribution is -2.51. The molecule has 0 atom stereocenters. The molecule has 1 fully saturated rings. The van der Waals surface area contributed by atoms with Crippen LogP contribution in [-0.2, 0) is 0 Å². The third-order valence-electron chi connectivity index (χ3n) is 5.81. The van der Waals surface area contributed by atoms with Gasteiger partial charge in [0.1, 0.15) is 0 Å². The summed E-state index contributed by atoms with van der Waals surface area (Å²) in [6.07, 6.45) is 1.72. The van der Waals surface area contributed by atoms with Gasteiger partial charge in [-0.05, 0) is 56.3 Å². The van der Waals surface area contributed by atoms with Gasteiger partial charge in [-0.15, -0.1) is 0 Å². The second-order valence-corrected chi connectivity index (χ2v) is 8.31. The summed E-state index contributed by atoms with van der Waals surface area (Å²) >= 11 is 0. The number of carbonyl (C=O) groups is 2. The molecule has 3 aromatic rings. The summed E-state index contributed by atoms with van der Waals surface area (Å²) in [4.78, 5) is 36.8. The number of amides is 4. The van der Waals surface area contributed by atoms with E-state index >= 15 is 0 Å². The van der Waals surface area contributed by atoms with E-state index in [1.165, 1.54) is 0 Å². The van der Waals surface area contributed by atoms with Crippen molar-refractivity contribution in [1.29, 1.82) is 0 Å². The molecule has 0 radical (unpaired) electrons. The molecule has 0 spiro atoms. The van der Waals surface area contributed by atoms with Gasteiger partial charge >= 0.3 is 12.1 Å². The number of nitrogens with zero attached hydrogens (tertiary/aromatic N) is 4. The Morgan fingerprint density at radius 2 is 1.50 bits per heavy atom. The lowest BCUT2D eigenvalue weighted by atomic mass is 10.1. The molecule has 0 unspecified atom stereocenters. The minimum atomic E-state index is -0.230. The maximum absolute atomic E-state index is 12.0. The van der Waals surface area contributed by atoms with Gasteiger partial charge in [-0.1, -0.05) is 12.1 Å². The molecule has 10 nitrogen and oxygen atoms in total. The maximum atomic E-state index is 12.0. The SMILES string of the molecule is CCNC(=O)Nc1ccc(-c2ccnc(Nc3ccc(N4CCN(C(=O)NCC)CC4)cc3)n2)cc1. The molecule has 1 aliphatic rings. The highest BCUT2D eigenvalue weighted by molar-refractivity contribution is 5.89. The molecule has 36 heavy (non-hydrogen) atoms. The zero-order chi connectivity index (χ0) is 25.3. The molecule has 0 bridgehead atoms. The fraction of sp³-hybridized carbons (Fsp3) is 0.308. The van der Waals surface area contributed by atoms with Crippen LogP contribution in [0.5, 0.6) is 0 Å². The van der Waals surface area contributed by atoms with Gasteiger partial charge in [0.15, 0.2) is 0 Å². The summed E-state index contributed by atoms with van der Waals surface area (Å²) in [5.74, 6) is 0.500. The number of nitrogens with one attached hydrogen (secondary N) is 4. The van der Waals surface area contributed by atoms with Gasteiger partial charge in [0.05, 0.1) is 5.69 Å². The lowest BCUT2D eigenvalue weighted by Gasteiger charge is -2.36. The lowest BCUT2D eigenvalue weighted by molar-refractivity contribution is 0.195. The van der Waals surface area contributed by atoms with Gasteiger partial charge in [0, 0.05) is 68.1 Å². The Kier molecular flexibility index (Phi) is 8.17. The van der Waals surface area contributed by atoms with E-state index in [9.17, 15) is 9.59 Å². The minimum Gasteiger partial charge on any atom is -0.368 e. The monoisotopic (exact) mass is 488 g/mol. The Morgan fingerprint density at radius 3 is 2.17 bits per heavy atom. The molecule has 10 heteroatoms. The Bertz CT molecular complexity index is 1160. The van der Waals surface area contributed by atoms with E-state index in [0.717, 1.165) is 35.7 Å². The number of aromatic nitrogens is 2. The standard InChI is InChI=1S/C26H32N8O2/c1-3-27-25(35)31-21-7-5-19(6-8-21)23-13-14-29-24(32-23)30-20-9-11-22(12-10-20)33-15-17-34(18-16-33)26(36)28-4-2/h5-14H,3-4,15-18H2,1-2H3,(H,28,36)(H2,27,31,35)(H,29,30,32). The topological polar surface area (TPSA) is 115 Å². The van der Waals surface area contributed by atoms with E-state index in [1.54, 1.807) is 6.20 Å². The van der Waals surface area contributed by atoms with Crippen LogP contribution in [0, 0.1) is 0 Å². The second kappa shape index (κ2) is 11.9. The van der Waals surface area contributed by atoms with Gasteiger partial charge < -0.3 is 31.1 Å². The highest BCUT2D eigenvalue weighted by atomic mass is 16.2. The number of carbonyl (C=O) groups excluding carboxylic acids is 2. The molecule has 188 valence electrons. The first-order valence-electron chi connectivity index (χ1n) is 12.2. The van der Waals surface area contributed by atoms with Crippen LogP contribution in [0.15, 0.2) is 60.8 Å². The number of anilines is 4. The largest absolute Gasteiger partial charge is 0.368 e. The van der Waals surface area contributed by atoms with Crippen molar-refractivity contribution in [2.75, 3.05) is 54.8 Å². The van der Waals surface area contributed by atoms with Crippen LogP contribution in [0.1, 0.15) is 13.8 Å². The summed E-state index contributed by atoms with van der Waals surface area (Å²) in [7, 11) is 0. The molecule has 0 saturated carbocycles. The van der Waals surface area contributed by atoms with Crippen LogP contribution in [0.25, 0.3) is 11.3 Å². The van der Waals surface area contributed by atoms with Crippen molar-refractivity contribution in [3.8, 4) is 11.3 Å². The summed E-state index contributed by atoms with van der Waals surface area (Å²) < 4.78 is 0. The third kappa shape index (κ3) is 6.41. The average Bonchev–Trinajstić information content (AvgIpc) is 2.90. The summed E-state index contributed by atoms with van der Waals surface area (Å²) in [5, 5.41) is 11.6. The molecule has 1 aliphatic heterocycles. The van der Waals surface area contributed by atoms with Gasteiger partial charge in [-0.25, -0.2) is 19.6 Å². The molecule has 4 amide bonds. The molecule has 4 N–H and O–H groups in total. The summed E-state index contributed by atoms with van der Waals surface area (Å²) in [6.45, 7) is 8.01.